The third-order valence-electron chi connectivity index (χ3n) is 1.00. The molecule has 0 amide bonds. The summed E-state index contributed by atoms with van der Waals surface area (Å²) in [6.45, 7) is 5.57. The Morgan fingerprint density at radius 3 is 2.67 bits per heavy atom. The van der Waals surface area contributed by atoms with Crippen LogP contribution in [0.2, 0.25) is 6.32 Å². The van der Waals surface area contributed by atoms with Crippen LogP contribution in [0.4, 0.5) is 0 Å². The summed E-state index contributed by atoms with van der Waals surface area (Å²) in [4.78, 5) is 0. The van der Waals surface area contributed by atoms with E-state index in [1.54, 1.807) is 6.08 Å². The fourth-order valence-electron chi connectivity index (χ4n) is 0.439. The molecule has 0 fully saturated rings. The average Bonchev–Trinajstić information content (AvgIpc) is 1.91. The van der Waals surface area contributed by atoms with E-state index in [4.69, 9.17) is 7.85 Å². The van der Waals surface area contributed by atoms with Crippen LogP contribution >= 0.6 is 0 Å². The van der Waals surface area contributed by atoms with E-state index in [1.807, 2.05) is 25.2 Å². The minimum Gasteiger partial charge on any atom is -0.0988 e. The molecule has 0 aliphatic heterocycles. The predicted molar refractivity (Wildman–Crippen MR) is 43.7 cm³/mol. The lowest BCUT2D eigenvalue weighted by Crippen LogP contribution is -1.72. The van der Waals surface area contributed by atoms with E-state index in [2.05, 4.69) is 6.58 Å². The summed E-state index contributed by atoms with van der Waals surface area (Å²) in [6, 6.07) is 0. The van der Waals surface area contributed by atoms with Crippen molar-refractivity contribution in [2.45, 2.75) is 13.2 Å². The molecule has 0 aliphatic carbocycles. The molecule has 0 aromatic rings. The maximum absolute atomic E-state index is 5.35. The molecule has 0 N–H and O–H groups in total. The molecule has 0 nitrogen and oxygen atoms in total. The molecule has 0 aromatic heterocycles. The second-order valence-corrected chi connectivity index (χ2v) is 1.68. The molecule has 0 atom stereocenters. The first-order chi connectivity index (χ1) is 4.35. The van der Waals surface area contributed by atoms with Gasteiger partial charge in [-0.3, -0.25) is 0 Å². The number of rotatable bonds is 3. The standard InChI is InChI=1S/C8H11B/c1-3-5-6-8(4-2)7-9/h3-6H,2,7H2,1H3/b5-3-,8-6+. The molecule has 0 saturated carbocycles. The van der Waals surface area contributed by atoms with Gasteiger partial charge >= 0.3 is 0 Å². The van der Waals surface area contributed by atoms with Gasteiger partial charge in [-0.25, -0.2) is 0 Å². The summed E-state index contributed by atoms with van der Waals surface area (Å²) in [7, 11) is 5.35. The van der Waals surface area contributed by atoms with Crippen LogP contribution < -0.4 is 0 Å². The fourth-order valence-corrected chi connectivity index (χ4v) is 0.439. The third kappa shape index (κ3) is 3.83. The predicted octanol–water partition coefficient (Wildman–Crippen LogP) is 2.26. The highest BCUT2D eigenvalue weighted by atomic mass is 13.8. The van der Waals surface area contributed by atoms with Crippen molar-refractivity contribution in [3.8, 4) is 0 Å². The van der Waals surface area contributed by atoms with Gasteiger partial charge in [-0.05, 0) is 6.92 Å². The van der Waals surface area contributed by atoms with Crippen LogP contribution in [0.3, 0.4) is 0 Å². The van der Waals surface area contributed by atoms with Crippen molar-refractivity contribution in [2.75, 3.05) is 0 Å². The fraction of sp³-hybridized carbons (Fsp3) is 0.250. The maximum atomic E-state index is 5.35. The van der Waals surface area contributed by atoms with E-state index in [9.17, 15) is 0 Å². The van der Waals surface area contributed by atoms with Gasteiger partial charge in [-0.1, -0.05) is 42.8 Å². The van der Waals surface area contributed by atoms with Gasteiger partial charge < -0.3 is 0 Å². The minimum atomic E-state index is 0.563. The van der Waals surface area contributed by atoms with Crippen molar-refractivity contribution < 1.29 is 0 Å². The molecule has 46 valence electrons. The molecular weight excluding hydrogens is 107 g/mol. The number of allylic oxidation sites excluding steroid dienone is 5. The lowest BCUT2D eigenvalue weighted by atomic mass is 9.96. The summed E-state index contributed by atoms with van der Waals surface area (Å²) >= 11 is 0. The van der Waals surface area contributed by atoms with E-state index in [1.165, 1.54) is 0 Å². The van der Waals surface area contributed by atoms with Gasteiger partial charge in [-0.2, -0.15) is 0 Å². The normalized spacial score (nSPS) is 12.3. The molecular formula is C8H11B. The minimum absolute atomic E-state index is 0.563. The molecule has 0 aliphatic rings. The SMILES string of the molecule is [B]C/C(C=C)=C/C=C\C. The molecule has 0 rings (SSSR count). The summed E-state index contributed by atoms with van der Waals surface area (Å²) in [5.74, 6) is 0. The van der Waals surface area contributed by atoms with E-state index < -0.39 is 0 Å². The smallest absolute Gasteiger partial charge is 0.0716 e. The summed E-state index contributed by atoms with van der Waals surface area (Å²) in [5, 5.41) is 0. The van der Waals surface area contributed by atoms with Crippen LogP contribution in [-0.2, 0) is 0 Å². The van der Waals surface area contributed by atoms with Crippen molar-refractivity contribution in [1.29, 1.82) is 0 Å². The molecule has 2 radical (unpaired) electrons. The molecule has 0 spiro atoms. The van der Waals surface area contributed by atoms with Crippen molar-refractivity contribution in [3.63, 3.8) is 0 Å². The largest absolute Gasteiger partial charge is 0.0988 e. The molecule has 1 heteroatoms. The zero-order chi connectivity index (χ0) is 7.11. The van der Waals surface area contributed by atoms with Gasteiger partial charge in [-0.15, -0.1) is 0 Å². The van der Waals surface area contributed by atoms with Gasteiger partial charge in [0.15, 0.2) is 0 Å². The Labute approximate surface area is 58.4 Å². The maximum Gasteiger partial charge on any atom is 0.0716 e. The van der Waals surface area contributed by atoms with Crippen LogP contribution in [0, 0.1) is 0 Å². The zero-order valence-electron chi connectivity index (χ0n) is 5.80. The van der Waals surface area contributed by atoms with Crippen molar-refractivity contribution in [3.05, 3.63) is 36.5 Å². The Balaban J connectivity index is 3.90. The first-order valence-corrected chi connectivity index (χ1v) is 2.99. The van der Waals surface area contributed by atoms with E-state index >= 15 is 0 Å². The Morgan fingerprint density at radius 2 is 2.33 bits per heavy atom. The van der Waals surface area contributed by atoms with E-state index in [0.29, 0.717) is 6.32 Å². The topological polar surface area (TPSA) is 0 Å². The number of hydrogen-bond acceptors (Lipinski definition) is 0. The van der Waals surface area contributed by atoms with Gasteiger partial charge in [0.2, 0.25) is 0 Å². The van der Waals surface area contributed by atoms with Crippen LogP contribution in [-0.4, -0.2) is 7.85 Å². The Bertz CT molecular complexity index is 132. The lowest BCUT2D eigenvalue weighted by Gasteiger charge is -1.90. The average molecular weight is 118 g/mol. The Hall–Kier alpha value is -0.715. The van der Waals surface area contributed by atoms with Gasteiger partial charge in [0.1, 0.15) is 0 Å². The van der Waals surface area contributed by atoms with Crippen LogP contribution in [0.5, 0.6) is 0 Å². The summed E-state index contributed by atoms with van der Waals surface area (Å²) < 4.78 is 0. The van der Waals surface area contributed by atoms with Gasteiger partial charge in [0.05, 0.1) is 7.85 Å². The van der Waals surface area contributed by atoms with E-state index in [0.717, 1.165) is 5.57 Å². The molecule has 0 heterocycles. The zero-order valence-corrected chi connectivity index (χ0v) is 5.80. The van der Waals surface area contributed by atoms with Crippen molar-refractivity contribution >= 4 is 7.85 Å². The highest BCUT2D eigenvalue weighted by molar-refractivity contribution is 6.10. The molecule has 0 bridgehead atoms. The highest BCUT2D eigenvalue weighted by Crippen LogP contribution is 1.99. The molecule has 0 unspecified atom stereocenters. The van der Waals surface area contributed by atoms with Crippen LogP contribution in [0.15, 0.2) is 36.5 Å². The second-order valence-electron chi connectivity index (χ2n) is 1.68. The van der Waals surface area contributed by atoms with Gasteiger partial charge in [0, 0.05) is 0 Å². The molecule has 0 saturated heterocycles. The second kappa shape index (κ2) is 5.42. The van der Waals surface area contributed by atoms with Crippen LogP contribution in [0.1, 0.15) is 6.92 Å². The lowest BCUT2D eigenvalue weighted by molar-refractivity contribution is 1.51. The van der Waals surface area contributed by atoms with E-state index in [-0.39, 0.29) is 0 Å². The van der Waals surface area contributed by atoms with Gasteiger partial charge in [0.25, 0.3) is 0 Å². The first-order valence-electron chi connectivity index (χ1n) is 2.99. The van der Waals surface area contributed by atoms with Crippen LogP contribution in [0.25, 0.3) is 0 Å². The summed E-state index contributed by atoms with van der Waals surface area (Å²) in [6.07, 6.45) is 8.18. The summed E-state index contributed by atoms with van der Waals surface area (Å²) in [5.41, 5.74) is 1.06. The first kappa shape index (κ1) is 8.28. The number of hydrogen-bond donors (Lipinski definition) is 0. The highest BCUT2D eigenvalue weighted by Gasteiger charge is 1.79. The Morgan fingerprint density at radius 1 is 1.67 bits per heavy atom. The monoisotopic (exact) mass is 118 g/mol. The molecule has 9 heavy (non-hydrogen) atoms. The molecule has 0 aromatic carbocycles. The quantitative estimate of drug-likeness (QED) is 0.393. The van der Waals surface area contributed by atoms with Crippen molar-refractivity contribution in [2.24, 2.45) is 0 Å². The third-order valence-corrected chi connectivity index (χ3v) is 1.00. The Kier molecular flexibility index (Phi) is 4.99. The van der Waals surface area contributed by atoms with Crippen molar-refractivity contribution in [1.82, 2.24) is 0 Å².